The summed E-state index contributed by atoms with van der Waals surface area (Å²) in [4.78, 5) is 14.5. The maximum Gasteiger partial charge on any atom is 0.254 e. The molecule has 1 aliphatic heterocycles. The molecule has 2 rings (SSSR count). The van der Waals surface area contributed by atoms with Crippen molar-refractivity contribution < 1.29 is 9.90 Å². The van der Waals surface area contributed by atoms with Crippen LogP contribution in [0.2, 0.25) is 0 Å². The third kappa shape index (κ3) is 3.84. The standard InChI is InChI=1S/C17H22N2O2/c1-13-4-5-14(3-2-8-18)11-16(13)17(21)19-9-6-15(12-20)7-10-19/h4-5,11,15,20H,6-10,12,18H2,1H3. The van der Waals surface area contributed by atoms with Gasteiger partial charge in [0, 0.05) is 30.8 Å². The largest absolute Gasteiger partial charge is 0.396 e. The van der Waals surface area contributed by atoms with Gasteiger partial charge in [0.2, 0.25) is 0 Å². The van der Waals surface area contributed by atoms with Gasteiger partial charge in [-0.25, -0.2) is 0 Å². The Hall–Kier alpha value is -1.83. The van der Waals surface area contributed by atoms with E-state index in [-0.39, 0.29) is 12.5 Å². The second-order valence-corrected chi connectivity index (χ2v) is 5.45. The van der Waals surface area contributed by atoms with Gasteiger partial charge in [-0.3, -0.25) is 4.79 Å². The van der Waals surface area contributed by atoms with Gasteiger partial charge < -0.3 is 15.7 Å². The highest BCUT2D eigenvalue weighted by molar-refractivity contribution is 5.96. The molecule has 21 heavy (non-hydrogen) atoms. The third-order valence-electron chi connectivity index (χ3n) is 3.96. The fourth-order valence-corrected chi connectivity index (χ4v) is 2.57. The molecule has 0 atom stereocenters. The van der Waals surface area contributed by atoms with Crippen LogP contribution in [-0.2, 0) is 0 Å². The minimum Gasteiger partial charge on any atom is -0.396 e. The molecule has 3 N–H and O–H groups in total. The number of rotatable bonds is 2. The highest BCUT2D eigenvalue weighted by atomic mass is 16.3. The quantitative estimate of drug-likeness (QED) is 0.802. The van der Waals surface area contributed by atoms with Crippen LogP contribution in [0.15, 0.2) is 18.2 Å². The zero-order valence-corrected chi connectivity index (χ0v) is 12.4. The van der Waals surface area contributed by atoms with E-state index in [4.69, 9.17) is 10.8 Å². The van der Waals surface area contributed by atoms with Crippen LogP contribution >= 0.6 is 0 Å². The van der Waals surface area contributed by atoms with Gasteiger partial charge in [0.15, 0.2) is 0 Å². The molecule has 1 amide bonds. The summed E-state index contributed by atoms with van der Waals surface area (Å²) >= 11 is 0. The zero-order valence-electron chi connectivity index (χ0n) is 12.4. The number of hydrogen-bond acceptors (Lipinski definition) is 3. The molecule has 0 aliphatic carbocycles. The minimum atomic E-state index is 0.0558. The summed E-state index contributed by atoms with van der Waals surface area (Å²) in [6.45, 7) is 3.88. The maximum absolute atomic E-state index is 12.6. The molecule has 0 aromatic heterocycles. The number of benzene rings is 1. The summed E-state index contributed by atoms with van der Waals surface area (Å²) in [5.41, 5.74) is 7.87. The fourth-order valence-electron chi connectivity index (χ4n) is 2.57. The number of aliphatic hydroxyl groups is 1. The number of nitrogens with two attached hydrogens (primary N) is 1. The Labute approximate surface area is 125 Å². The van der Waals surface area contributed by atoms with Gasteiger partial charge in [-0.05, 0) is 43.4 Å². The van der Waals surface area contributed by atoms with Crippen LogP contribution in [0.4, 0.5) is 0 Å². The van der Waals surface area contributed by atoms with Crippen molar-refractivity contribution in [2.75, 3.05) is 26.2 Å². The van der Waals surface area contributed by atoms with Crippen molar-refractivity contribution in [2.45, 2.75) is 19.8 Å². The van der Waals surface area contributed by atoms with Gasteiger partial charge in [-0.1, -0.05) is 17.9 Å². The van der Waals surface area contributed by atoms with E-state index in [2.05, 4.69) is 11.8 Å². The molecule has 4 nitrogen and oxygen atoms in total. The van der Waals surface area contributed by atoms with E-state index in [0.29, 0.717) is 31.1 Å². The predicted octanol–water partition coefficient (Wildman–Crippen LogP) is 1.15. The molecule has 1 fully saturated rings. The van der Waals surface area contributed by atoms with Crippen molar-refractivity contribution in [3.8, 4) is 11.8 Å². The van der Waals surface area contributed by atoms with Crippen molar-refractivity contribution in [3.63, 3.8) is 0 Å². The normalized spacial score (nSPS) is 15.5. The minimum absolute atomic E-state index is 0.0558. The maximum atomic E-state index is 12.6. The molecule has 1 aromatic rings. The summed E-state index contributed by atoms with van der Waals surface area (Å²) in [7, 11) is 0. The van der Waals surface area contributed by atoms with Crippen molar-refractivity contribution in [1.29, 1.82) is 0 Å². The summed E-state index contributed by atoms with van der Waals surface area (Å²) in [6, 6.07) is 5.68. The number of piperidine rings is 1. The van der Waals surface area contributed by atoms with Crippen LogP contribution in [-0.4, -0.2) is 42.2 Å². The lowest BCUT2D eigenvalue weighted by Crippen LogP contribution is -2.39. The van der Waals surface area contributed by atoms with E-state index in [1.165, 1.54) is 0 Å². The average molecular weight is 286 g/mol. The second kappa shape index (κ2) is 7.26. The van der Waals surface area contributed by atoms with Gasteiger partial charge in [0.25, 0.3) is 5.91 Å². The number of carbonyl (C=O) groups is 1. The number of carbonyl (C=O) groups excluding carboxylic acids is 1. The Morgan fingerprint density at radius 3 is 2.76 bits per heavy atom. The zero-order chi connectivity index (χ0) is 15.2. The average Bonchev–Trinajstić information content (AvgIpc) is 2.53. The molecule has 0 unspecified atom stereocenters. The summed E-state index contributed by atoms with van der Waals surface area (Å²) in [6.07, 6.45) is 1.74. The van der Waals surface area contributed by atoms with Crippen LogP contribution in [0.1, 0.15) is 34.3 Å². The number of aryl methyl sites for hydroxylation is 1. The van der Waals surface area contributed by atoms with E-state index in [1.54, 1.807) is 0 Å². The first kappa shape index (κ1) is 15.6. The second-order valence-electron chi connectivity index (χ2n) is 5.45. The van der Waals surface area contributed by atoms with Crippen LogP contribution in [0.3, 0.4) is 0 Å². The van der Waals surface area contributed by atoms with E-state index in [1.807, 2.05) is 30.0 Å². The molecule has 1 saturated heterocycles. The molecule has 0 saturated carbocycles. The Balaban J connectivity index is 2.15. The SMILES string of the molecule is Cc1ccc(C#CCN)cc1C(=O)N1CCC(CO)CC1. The number of nitrogens with zero attached hydrogens (tertiary/aromatic N) is 1. The summed E-state index contributed by atoms with van der Waals surface area (Å²) in [5, 5.41) is 9.17. The molecule has 0 spiro atoms. The molecule has 4 heteroatoms. The molecule has 1 heterocycles. The smallest absolute Gasteiger partial charge is 0.254 e. The lowest BCUT2D eigenvalue weighted by molar-refractivity contribution is 0.0650. The van der Waals surface area contributed by atoms with Crippen LogP contribution < -0.4 is 5.73 Å². The van der Waals surface area contributed by atoms with E-state index in [9.17, 15) is 4.79 Å². The first-order valence-corrected chi connectivity index (χ1v) is 7.35. The molecular formula is C17H22N2O2. The number of aliphatic hydroxyl groups excluding tert-OH is 1. The lowest BCUT2D eigenvalue weighted by Gasteiger charge is -2.31. The van der Waals surface area contributed by atoms with E-state index in [0.717, 1.165) is 24.0 Å². The highest BCUT2D eigenvalue weighted by Crippen LogP contribution is 2.20. The highest BCUT2D eigenvalue weighted by Gasteiger charge is 2.24. The Bertz CT molecular complexity index is 564. The van der Waals surface area contributed by atoms with Crippen LogP contribution in [0, 0.1) is 24.7 Å². The van der Waals surface area contributed by atoms with Gasteiger partial charge in [-0.2, -0.15) is 0 Å². The third-order valence-corrected chi connectivity index (χ3v) is 3.96. The Morgan fingerprint density at radius 2 is 2.14 bits per heavy atom. The monoisotopic (exact) mass is 286 g/mol. The Kier molecular flexibility index (Phi) is 5.38. The number of hydrogen-bond donors (Lipinski definition) is 2. The lowest BCUT2D eigenvalue weighted by atomic mass is 9.96. The van der Waals surface area contributed by atoms with Crippen molar-refractivity contribution in [1.82, 2.24) is 4.90 Å². The van der Waals surface area contributed by atoms with Crippen molar-refractivity contribution in [3.05, 3.63) is 34.9 Å². The topological polar surface area (TPSA) is 66.6 Å². The molecular weight excluding hydrogens is 264 g/mol. The van der Waals surface area contributed by atoms with E-state index >= 15 is 0 Å². The van der Waals surface area contributed by atoms with Gasteiger partial charge >= 0.3 is 0 Å². The first-order valence-electron chi connectivity index (χ1n) is 7.35. The van der Waals surface area contributed by atoms with Gasteiger partial charge in [-0.15, -0.1) is 0 Å². The molecule has 1 aliphatic rings. The summed E-state index contributed by atoms with van der Waals surface area (Å²) < 4.78 is 0. The van der Waals surface area contributed by atoms with E-state index < -0.39 is 0 Å². The predicted molar refractivity (Wildman–Crippen MR) is 82.8 cm³/mol. The molecule has 1 aromatic carbocycles. The molecule has 0 bridgehead atoms. The first-order chi connectivity index (χ1) is 10.2. The van der Waals surface area contributed by atoms with Gasteiger partial charge in [0.1, 0.15) is 0 Å². The van der Waals surface area contributed by atoms with Gasteiger partial charge in [0.05, 0.1) is 6.54 Å². The number of likely N-dealkylation sites (tertiary alicyclic amines) is 1. The van der Waals surface area contributed by atoms with Crippen molar-refractivity contribution >= 4 is 5.91 Å². The molecule has 112 valence electrons. The number of amides is 1. The van der Waals surface area contributed by atoms with Crippen LogP contribution in [0.25, 0.3) is 0 Å². The van der Waals surface area contributed by atoms with Crippen LogP contribution in [0.5, 0.6) is 0 Å². The van der Waals surface area contributed by atoms with Crippen molar-refractivity contribution in [2.24, 2.45) is 11.7 Å². The summed E-state index contributed by atoms with van der Waals surface area (Å²) in [5.74, 6) is 6.16. The fraction of sp³-hybridized carbons (Fsp3) is 0.471. The Morgan fingerprint density at radius 1 is 1.43 bits per heavy atom. The molecule has 0 radical (unpaired) electrons.